The molecule has 0 fully saturated rings. The SMILES string of the molecule is C=CC(=O)OC[C@H](OC(=O)C=C)C(OC(=O)C=C)[C@@H](COC(=O)C=C)OC(=O)C=C. The molecule has 3 atom stereocenters. The Bertz CT molecular complexity index is 671. The van der Waals surface area contributed by atoms with Crippen molar-refractivity contribution in [3.8, 4) is 0 Å². The smallest absolute Gasteiger partial charge is 0.330 e. The minimum absolute atomic E-state index is 0.628. The van der Waals surface area contributed by atoms with E-state index >= 15 is 0 Å². The third kappa shape index (κ3) is 9.83. The van der Waals surface area contributed by atoms with Gasteiger partial charge in [0.1, 0.15) is 13.2 Å². The summed E-state index contributed by atoms with van der Waals surface area (Å²) in [6, 6.07) is 0. The number of carbonyl (C=O) groups excluding carboxylic acids is 5. The fourth-order valence-electron chi connectivity index (χ4n) is 1.81. The summed E-state index contributed by atoms with van der Waals surface area (Å²) in [6.45, 7) is 14.9. The first-order valence-corrected chi connectivity index (χ1v) is 8.29. The Morgan fingerprint density at radius 2 is 0.833 bits per heavy atom. The van der Waals surface area contributed by atoms with Gasteiger partial charge in [-0.1, -0.05) is 32.9 Å². The monoisotopic (exact) mass is 422 g/mol. The van der Waals surface area contributed by atoms with E-state index in [0.29, 0.717) is 0 Å². The normalized spacial score (nSPS) is 12.5. The Balaban J connectivity index is 6.02. The minimum Gasteiger partial charge on any atom is -0.458 e. The van der Waals surface area contributed by atoms with E-state index in [-0.39, 0.29) is 0 Å². The van der Waals surface area contributed by atoms with Crippen molar-refractivity contribution >= 4 is 29.8 Å². The van der Waals surface area contributed by atoms with Crippen LogP contribution in [-0.4, -0.2) is 61.4 Å². The zero-order valence-corrected chi connectivity index (χ0v) is 16.2. The highest BCUT2D eigenvalue weighted by molar-refractivity contribution is 5.84. The number of esters is 5. The summed E-state index contributed by atoms with van der Waals surface area (Å²) in [4.78, 5) is 58.1. The van der Waals surface area contributed by atoms with Crippen molar-refractivity contribution in [2.24, 2.45) is 0 Å². The van der Waals surface area contributed by atoms with E-state index < -0.39 is 61.4 Å². The molecule has 1 unspecified atom stereocenters. The summed E-state index contributed by atoms with van der Waals surface area (Å²) >= 11 is 0. The molecule has 0 N–H and O–H groups in total. The van der Waals surface area contributed by atoms with E-state index in [2.05, 4.69) is 32.9 Å². The molecule has 0 aliphatic heterocycles. The summed E-state index contributed by atoms with van der Waals surface area (Å²) in [5, 5.41) is 0. The average Bonchev–Trinajstić information content (AvgIpc) is 2.76. The van der Waals surface area contributed by atoms with Gasteiger partial charge in [-0.05, 0) is 0 Å². The molecule has 10 heteroatoms. The van der Waals surface area contributed by atoms with Crippen molar-refractivity contribution in [2.75, 3.05) is 13.2 Å². The van der Waals surface area contributed by atoms with Gasteiger partial charge in [0.05, 0.1) is 0 Å². The van der Waals surface area contributed by atoms with Gasteiger partial charge in [-0.25, -0.2) is 24.0 Å². The van der Waals surface area contributed by atoms with Crippen molar-refractivity contribution in [3.05, 3.63) is 63.3 Å². The van der Waals surface area contributed by atoms with Gasteiger partial charge in [-0.2, -0.15) is 0 Å². The molecule has 0 saturated heterocycles. The summed E-state index contributed by atoms with van der Waals surface area (Å²) in [7, 11) is 0. The Morgan fingerprint density at radius 3 is 1.13 bits per heavy atom. The van der Waals surface area contributed by atoms with Crippen molar-refractivity contribution < 1.29 is 47.7 Å². The summed E-state index contributed by atoms with van der Waals surface area (Å²) < 4.78 is 25.0. The summed E-state index contributed by atoms with van der Waals surface area (Å²) in [5.41, 5.74) is 0. The topological polar surface area (TPSA) is 132 Å². The van der Waals surface area contributed by atoms with E-state index in [1.807, 2.05) is 0 Å². The molecule has 0 aromatic carbocycles. The molecule has 0 aromatic heterocycles. The van der Waals surface area contributed by atoms with Gasteiger partial charge in [-0.3, -0.25) is 0 Å². The second-order valence-corrected chi connectivity index (χ2v) is 5.13. The van der Waals surface area contributed by atoms with E-state index in [9.17, 15) is 24.0 Å². The fourth-order valence-corrected chi connectivity index (χ4v) is 1.81. The van der Waals surface area contributed by atoms with Crippen molar-refractivity contribution in [1.82, 2.24) is 0 Å². The second-order valence-electron chi connectivity index (χ2n) is 5.13. The average molecular weight is 422 g/mol. The van der Waals surface area contributed by atoms with Gasteiger partial charge in [0.2, 0.25) is 0 Å². The maximum absolute atomic E-state index is 11.8. The number of ether oxygens (including phenoxy) is 5. The fraction of sp³-hybridized carbons (Fsp3) is 0.250. The molecule has 0 aromatic rings. The highest BCUT2D eigenvalue weighted by Gasteiger charge is 2.39. The lowest BCUT2D eigenvalue weighted by Crippen LogP contribution is -2.49. The lowest BCUT2D eigenvalue weighted by atomic mass is 10.1. The maximum atomic E-state index is 11.8. The van der Waals surface area contributed by atoms with Gasteiger partial charge in [0.25, 0.3) is 0 Å². The molecule has 0 saturated carbocycles. The van der Waals surface area contributed by atoms with Crippen LogP contribution in [0.3, 0.4) is 0 Å². The lowest BCUT2D eigenvalue weighted by molar-refractivity contribution is -0.190. The maximum Gasteiger partial charge on any atom is 0.330 e. The molecule has 0 rings (SSSR count). The molecule has 10 nitrogen and oxygen atoms in total. The quantitative estimate of drug-likeness (QED) is 0.224. The Labute approximate surface area is 173 Å². The van der Waals surface area contributed by atoms with Crippen LogP contribution in [0.4, 0.5) is 0 Å². The third-order valence-corrected chi connectivity index (χ3v) is 3.13. The molecule has 0 spiro atoms. The molecule has 162 valence electrons. The second kappa shape index (κ2) is 14.1. The van der Waals surface area contributed by atoms with Crippen molar-refractivity contribution in [3.63, 3.8) is 0 Å². The zero-order valence-electron chi connectivity index (χ0n) is 16.2. The first-order valence-electron chi connectivity index (χ1n) is 8.29. The minimum atomic E-state index is -1.58. The first-order chi connectivity index (χ1) is 14.2. The Morgan fingerprint density at radius 1 is 0.533 bits per heavy atom. The van der Waals surface area contributed by atoms with Crippen LogP contribution < -0.4 is 0 Å². The zero-order chi connectivity index (χ0) is 23.1. The Hall–Kier alpha value is -3.95. The van der Waals surface area contributed by atoms with Crippen LogP contribution in [0.2, 0.25) is 0 Å². The number of hydrogen-bond donors (Lipinski definition) is 0. The van der Waals surface area contributed by atoms with Crippen LogP contribution in [0.25, 0.3) is 0 Å². The first kappa shape index (κ1) is 26.1. The highest BCUT2D eigenvalue weighted by Crippen LogP contribution is 2.16. The number of hydrogen-bond acceptors (Lipinski definition) is 10. The molecular weight excluding hydrogens is 400 g/mol. The number of carbonyl (C=O) groups is 5. The van der Waals surface area contributed by atoms with Gasteiger partial charge >= 0.3 is 29.8 Å². The lowest BCUT2D eigenvalue weighted by Gasteiger charge is -2.31. The van der Waals surface area contributed by atoms with Gasteiger partial charge in [0, 0.05) is 30.4 Å². The van der Waals surface area contributed by atoms with Crippen LogP contribution in [-0.2, 0) is 47.7 Å². The third-order valence-electron chi connectivity index (χ3n) is 3.13. The molecule has 0 aliphatic carbocycles. The standard InChI is InChI=1S/C20H22O10/c1-6-15(21)26-11-13(28-17(23)8-3)20(30-19(25)10-5)14(29-18(24)9-4)12-27-16(22)7-2/h6-10,13-14,20H,1-5,11-12H2/t13-,14+,20?. The van der Waals surface area contributed by atoms with Gasteiger partial charge in [-0.15, -0.1) is 0 Å². The summed E-state index contributed by atoms with van der Waals surface area (Å²) in [5.74, 6) is -4.68. The summed E-state index contributed by atoms with van der Waals surface area (Å²) in [6.07, 6.45) is -0.484. The molecule has 0 bridgehead atoms. The van der Waals surface area contributed by atoms with Gasteiger partial charge in [0.15, 0.2) is 18.3 Å². The van der Waals surface area contributed by atoms with Crippen molar-refractivity contribution in [1.29, 1.82) is 0 Å². The van der Waals surface area contributed by atoms with Gasteiger partial charge < -0.3 is 23.7 Å². The highest BCUT2D eigenvalue weighted by atomic mass is 16.6. The predicted molar refractivity (Wildman–Crippen MR) is 103 cm³/mol. The van der Waals surface area contributed by atoms with E-state index in [1.54, 1.807) is 0 Å². The van der Waals surface area contributed by atoms with Crippen LogP contribution in [0.15, 0.2) is 63.3 Å². The van der Waals surface area contributed by atoms with Crippen LogP contribution in [0, 0.1) is 0 Å². The molecule has 0 aliphatic rings. The molecular formula is C20H22O10. The van der Waals surface area contributed by atoms with Crippen LogP contribution >= 0.6 is 0 Å². The van der Waals surface area contributed by atoms with Crippen LogP contribution in [0.5, 0.6) is 0 Å². The van der Waals surface area contributed by atoms with E-state index in [1.165, 1.54) is 0 Å². The molecule has 0 radical (unpaired) electrons. The van der Waals surface area contributed by atoms with Crippen molar-refractivity contribution in [2.45, 2.75) is 18.3 Å². The largest absolute Gasteiger partial charge is 0.458 e. The van der Waals surface area contributed by atoms with E-state index in [0.717, 1.165) is 30.4 Å². The molecule has 30 heavy (non-hydrogen) atoms. The van der Waals surface area contributed by atoms with E-state index in [4.69, 9.17) is 23.7 Å². The molecule has 0 heterocycles. The van der Waals surface area contributed by atoms with Crippen LogP contribution in [0.1, 0.15) is 0 Å². The molecule has 0 amide bonds. The Kier molecular flexibility index (Phi) is 12.2. The number of rotatable bonds is 14. The predicted octanol–water partition coefficient (Wildman–Crippen LogP) is 0.738.